The van der Waals surface area contributed by atoms with Crippen LogP contribution in [0.4, 0.5) is 4.79 Å². The molecule has 136 valence electrons. The molecule has 2 atom stereocenters. The summed E-state index contributed by atoms with van der Waals surface area (Å²) in [5, 5.41) is -0.270. The number of amides is 2. The summed E-state index contributed by atoms with van der Waals surface area (Å²) in [4.78, 5) is 25.5. The average Bonchev–Trinajstić information content (AvgIpc) is 2.94. The molecule has 6 nitrogen and oxygen atoms in total. The molecule has 3 rings (SSSR count). The highest BCUT2D eigenvalue weighted by molar-refractivity contribution is 8.14. The predicted molar refractivity (Wildman–Crippen MR) is 96.9 cm³/mol. The number of rotatable bonds is 5. The summed E-state index contributed by atoms with van der Waals surface area (Å²) in [6, 6.07) is 5.97. The first-order valence-electron chi connectivity index (χ1n) is 8.52. The zero-order valence-electron chi connectivity index (χ0n) is 14.1. The minimum atomic E-state index is -3.69. The molecular formula is C17H22N2O4S2. The Labute approximate surface area is 152 Å². The number of benzene rings is 1. The number of nitrogens with one attached hydrogen (secondary N) is 1. The molecule has 1 saturated heterocycles. The fourth-order valence-electron chi connectivity index (χ4n) is 3.41. The second-order valence-corrected chi connectivity index (χ2v) is 9.04. The summed E-state index contributed by atoms with van der Waals surface area (Å²) in [5.74, 6) is -0.0776. The van der Waals surface area contributed by atoms with E-state index in [4.69, 9.17) is 0 Å². The second kappa shape index (κ2) is 7.47. The third kappa shape index (κ3) is 3.91. The van der Waals surface area contributed by atoms with Crippen LogP contribution in [0.2, 0.25) is 0 Å². The van der Waals surface area contributed by atoms with Gasteiger partial charge in [-0.1, -0.05) is 43.7 Å². The Morgan fingerprint density at radius 1 is 1.16 bits per heavy atom. The average molecular weight is 383 g/mol. The van der Waals surface area contributed by atoms with Crippen molar-refractivity contribution in [3.8, 4) is 0 Å². The number of imide groups is 1. The van der Waals surface area contributed by atoms with Crippen molar-refractivity contribution in [2.45, 2.75) is 56.0 Å². The van der Waals surface area contributed by atoms with Gasteiger partial charge >= 0.3 is 0 Å². The van der Waals surface area contributed by atoms with Crippen molar-refractivity contribution < 1.29 is 18.0 Å². The maximum Gasteiger partial charge on any atom is 0.289 e. The molecule has 2 fully saturated rings. The van der Waals surface area contributed by atoms with E-state index < -0.39 is 22.1 Å². The number of carbonyl (C=O) groups excluding carboxylic acids is 2. The van der Waals surface area contributed by atoms with Crippen molar-refractivity contribution in [2.24, 2.45) is 0 Å². The van der Waals surface area contributed by atoms with Crippen LogP contribution in [-0.4, -0.2) is 42.3 Å². The molecule has 25 heavy (non-hydrogen) atoms. The first kappa shape index (κ1) is 18.4. The molecule has 1 aliphatic carbocycles. The number of nitrogens with zero attached hydrogens (tertiary/aromatic N) is 1. The maximum atomic E-state index is 12.7. The Kier molecular flexibility index (Phi) is 5.50. The molecule has 0 radical (unpaired) electrons. The Morgan fingerprint density at radius 2 is 1.84 bits per heavy atom. The molecule has 0 unspecified atom stereocenters. The molecular weight excluding hydrogens is 360 g/mol. The van der Waals surface area contributed by atoms with Gasteiger partial charge in [-0.15, -0.1) is 0 Å². The second-order valence-electron chi connectivity index (χ2n) is 6.40. The van der Waals surface area contributed by atoms with Crippen molar-refractivity contribution >= 4 is 32.9 Å². The third-order valence-corrected chi connectivity index (χ3v) is 7.13. The summed E-state index contributed by atoms with van der Waals surface area (Å²) < 4.78 is 28.2. The van der Waals surface area contributed by atoms with Crippen LogP contribution in [0.15, 0.2) is 29.2 Å². The van der Waals surface area contributed by atoms with Crippen LogP contribution in [0.3, 0.4) is 0 Å². The van der Waals surface area contributed by atoms with E-state index in [1.807, 2.05) is 6.92 Å². The highest BCUT2D eigenvalue weighted by Crippen LogP contribution is 2.30. The van der Waals surface area contributed by atoms with E-state index in [0.717, 1.165) is 36.6 Å². The fourth-order valence-corrected chi connectivity index (χ4v) is 5.48. The van der Waals surface area contributed by atoms with Crippen LogP contribution in [-0.2, 0) is 21.2 Å². The largest absolute Gasteiger partial charge is 0.289 e. The zero-order chi connectivity index (χ0) is 18.0. The van der Waals surface area contributed by atoms with Gasteiger partial charge < -0.3 is 0 Å². The van der Waals surface area contributed by atoms with E-state index >= 15 is 0 Å². The Balaban J connectivity index is 1.80. The molecule has 0 aromatic heterocycles. The highest BCUT2D eigenvalue weighted by atomic mass is 32.2. The molecule has 0 bridgehead atoms. The van der Waals surface area contributed by atoms with Gasteiger partial charge in [-0.3, -0.25) is 14.5 Å². The smallest absolute Gasteiger partial charge is 0.273 e. The van der Waals surface area contributed by atoms with Gasteiger partial charge in [-0.05, 0) is 37.0 Å². The van der Waals surface area contributed by atoms with E-state index in [9.17, 15) is 18.0 Å². The first-order chi connectivity index (χ1) is 11.9. The molecule has 1 heterocycles. The van der Waals surface area contributed by atoms with Gasteiger partial charge in [0.15, 0.2) is 0 Å². The zero-order valence-corrected chi connectivity index (χ0v) is 15.7. The van der Waals surface area contributed by atoms with Gasteiger partial charge in [0.1, 0.15) is 0 Å². The topological polar surface area (TPSA) is 83.6 Å². The lowest BCUT2D eigenvalue weighted by atomic mass is 9.90. The number of sulfonamides is 1. The van der Waals surface area contributed by atoms with Gasteiger partial charge in [-0.2, -0.15) is 0 Å². The Bertz CT molecular complexity index is 745. The number of carbonyl (C=O) groups is 2. The number of thioether (sulfide) groups is 1. The van der Waals surface area contributed by atoms with Crippen LogP contribution in [0, 0.1) is 0 Å². The minimum Gasteiger partial charge on any atom is -0.273 e. The normalized spacial score (nSPS) is 24.8. The highest BCUT2D eigenvalue weighted by Gasteiger charge is 2.41. The predicted octanol–water partition coefficient (Wildman–Crippen LogP) is 2.53. The summed E-state index contributed by atoms with van der Waals surface area (Å²) in [7, 11) is -3.69. The summed E-state index contributed by atoms with van der Waals surface area (Å²) in [6.07, 6.45) is 3.87. The molecule has 2 aliphatic rings. The molecule has 0 spiro atoms. The quantitative estimate of drug-likeness (QED) is 0.846. The molecule has 1 aromatic rings. The molecule has 1 N–H and O–H groups in total. The van der Waals surface area contributed by atoms with Crippen molar-refractivity contribution in [3.63, 3.8) is 0 Å². The van der Waals surface area contributed by atoms with Crippen LogP contribution in [0.1, 0.15) is 38.2 Å². The van der Waals surface area contributed by atoms with E-state index in [2.05, 4.69) is 4.72 Å². The van der Waals surface area contributed by atoms with Gasteiger partial charge in [0.25, 0.3) is 5.24 Å². The Morgan fingerprint density at radius 3 is 2.44 bits per heavy atom. The lowest BCUT2D eigenvalue weighted by molar-refractivity contribution is -0.127. The lowest BCUT2D eigenvalue weighted by Gasteiger charge is -2.36. The van der Waals surface area contributed by atoms with Crippen LogP contribution in [0.5, 0.6) is 0 Å². The van der Waals surface area contributed by atoms with Crippen molar-refractivity contribution in [3.05, 3.63) is 29.8 Å². The van der Waals surface area contributed by atoms with Crippen LogP contribution >= 0.6 is 11.8 Å². The molecule has 2 amide bonds. The van der Waals surface area contributed by atoms with E-state index in [1.165, 1.54) is 4.90 Å². The van der Waals surface area contributed by atoms with Gasteiger partial charge in [0.05, 0.1) is 16.7 Å². The first-order valence-corrected chi connectivity index (χ1v) is 11.0. The van der Waals surface area contributed by atoms with Gasteiger partial charge in [0.2, 0.25) is 15.9 Å². The van der Waals surface area contributed by atoms with Crippen molar-refractivity contribution in [2.75, 3.05) is 5.75 Å². The SMILES string of the molecule is CCc1ccc(S(=O)(=O)N[C@H]2CCCC[C@@H]2N2C(=O)CSC2=O)cc1. The van der Waals surface area contributed by atoms with Crippen molar-refractivity contribution in [1.82, 2.24) is 9.62 Å². The summed E-state index contributed by atoms with van der Waals surface area (Å²) in [6.45, 7) is 2.01. The van der Waals surface area contributed by atoms with Crippen LogP contribution < -0.4 is 4.72 Å². The summed E-state index contributed by atoms with van der Waals surface area (Å²) in [5.41, 5.74) is 1.07. The van der Waals surface area contributed by atoms with Gasteiger partial charge in [-0.25, -0.2) is 13.1 Å². The van der Waals surface area contributed by atoms with Crippen LogP contribution in [0.25, 0.3) is 0 Å². The minimum absolute atomic E-state index is 0.146. The third-order valence-electron chi connectivity index (χ3n) is 4.79. The Hall–Kier alpha value is -1.38. The molecule has 1 aromatic carbocycles. The monoisotopic (exact) mass is 382 g/mol. The molecule has 8 heteroatoms. The summed E-state index contributed by atoms with van der Waals surface area (Å²) >= 11 is 0.988. The number of hydrogen-bond acceptors (Lipinski definition) is 5. The maximum absolute atomic E-state index is 12.7. The van der Waals surface area contributed by atoms with Crippen molar-refractivity contribution in [1.29, 1.82) is 0 Å². The standard InChI is InChI=1S/C17H22N2O4S2/c1-2-12-7-9-13(10-8-12)25(22,23)18-14-5-3-4-6-15(14)19-16(20)11-24-17(19)21/h7-10,14-15,18H,2-6,11H2,1H3/t14-,15-/m0/s1. The van der Waals surface area contributed by atoms with E-state index in [0.29, 0.717) is 12.8 Å². The number of aryl methyl sites for hydroxylation is 1. The van der Waals surface area contributed by atoms with E-state index in [1.54, 1.807) is 24.3 Å². The van der Waals surface area contributed by atoms with E-state index in [-0.39, 0.29) is 21.8 Å². The molecule has 1 aliphatic heterocycles. The van der Waals surface area contributed by atoms with Gasteiger partial charge in [0, 0.05) is 6.04 Å². The molecule has 1 saturated carbocycles. The lowest BCUT2D eigenvalue weighted by Crippen LogP contribution is -2.54. The number of hydrogen-bond donors (Lipinski definition) is 1. The fraction of sp³-hybridized carbons (Fsp3) is 0.529.